The second kappa shape index (κ2) is 6.40. The molecule has 24 heavy (non-hydrogen) atoms. The van der Waals surface area contributed by atoms with Crippen molar-refractivity contribution in [1.29, 1.82) is 0 Å². The lowest BCUT2D eigenvalue weighted by Gasteiger charge is -2.27. The van der Waals surface area contributed by atoms with Gasteiger partial charge < -0.3 is 4.90 Å². The molecule has 4 rings (SSSR count). The lowest BCUT2D eigenvalue weighted by Crippen LogP contribution is -2.35. The standard InChI is InChI=1S/C18H20ClN5/c1-2-6-16-21-22-17-12-20-18(23-9-4-3-5-10-23)14-11-13(19)7-8-15(14)24(16)17/h3-4,7-8,11H,2,5-6,9-10,12H2,1H3. The van der Waals surface area contributed by atoms with Gasteiger partial charge in [-0.25, -0.2) is 0 Å². The molecule has 2 aliphatic rings. The molecule has 2 aromatic rings. The highest BCUT2D eigenvalue weighted by molar-refractivity contribution is 6.31. The maximum Gasteiger partial charge on any atom is 0.159 e. The summed E-state index contributed by atoms with van der Waals surface area (Å²) in [5.74, 6) is 2.89. The molecule has 2 aliphatic heterocycles. The maximum absolute atomic E-state index is 6.31. The number of aliphatic imine (C=N–C) groups is 1. The molecule has 0 aliphatic carbocycles. The second-order valence-corrected chi connectivity index (χ2v) is 6.56. The lowest BCUT2D eigenvalue weighted by atomic mass is 10.1. The van der Waals surface area contributed by atoms with Crippen LogP contribution in [-0.4, -0.2) is 38.6 Å². The summed E-state index contributed by atoms with van der Waals surface area (Å²) in [5, 5.41) is 9.48. The first-order valence-corrected chi connectivity index (χ1v) is 8.83. The van der Waals surface area contributed by atoms with Crippen molar-refractivity contribution in [3.05, 3.63) is 52.6 Å². The van der Waals surface area contributed by atoms with E-state index in [2.05, 4.69) is 44.8 Å². The SMILES string of the molecule is CCCc1nnc2n1-c1ccc(Cl)cc1C(N1CC=CCC1)=NC2. The summed E-state index contributed by atoms with van der Waals surface area (Å²) < 4.78 is 2.16. The Labute approximate surface area is 146 Å². The van der Waals surface area contributed by atoms with Crippen LogP contribution in [0, 0.1) is 0 Å². The van der Waals surface area contributed by atoms with Gasteiger partial charge >= 0.3 is 0 Å². The molecule has 0 spiro atoms. The van der Waals surface area contributed by atoms with E-state index in [1.807, 2.05) is 12.1 Å². The molecule has 3 heterocycles. The minimum Gasteiger partial charge on any atom is -0.352 e. The number of fused-ring (bicyclic) bond motifs is 3. The van der Waals surface area contributed by atoms with Gasteiger partial charge in [-0.05, 0) is 31.0 Å². The fourth-order valence-corrected chi connectivity index (χ4v) is 3.51. The Morgan fingerprint density at radius 2 is 2.12 bits per heavy atom. The summed E-state index contributed by atoms with van der Waals surface area (Å²) >= 11 is 6.31. The third-order valence-corrected chi connectivity index (χ3v) is 4.67. The summed E-state index contributed by atoms with van der Waals surface area (Å²) in [6, 6.07) is 6.00. The Morgan fingerprint density at radius 1 is 1.21 bits per heavy atom. The van der Waals surface area contributed by atoms with Gasteiger partial charge in [0.25, 0.3) is 0 Å². The minimum atomic E-state index is 0.540. The van der Waals surface area contributed by atoms with Crippen LogP contribution in [0.2, 0.25) is 5.02 Å². The zero-order valence-electron chi connectivity index (χ0n) is 13.7. The van der Waals surface area contributed by atoms with Crippen LogP contribution >= 0.6 is 11.6 Å². The van der Waals surface area contributed by atoms with Crippen molar-refractivity contribution in [2.45, 2.75) is 32.7 Å². The van der Waals surface area contributed by atoms with E-state index in [1.54, 1.807) is 0 Å². The summed E-state index contributed by atoms with van der Waals surface area (Å²) in [7, 11) is 0. The predicted molar refractivity (Wildman–Crippen MR) is 95.9 cm³/mol. The molecule has 0 amide bonds. The lowest BCUT2D eigenvalue weighted by molar-refractivity contribution is 0.453. The van der Waals surface area contributed by atoms with E-state index in [9.17, 15) is 0 Å². The van der Waals surface area contributed by atoms with E-state index in [-0.39, 0.29) is 0 Å². The van der Waals surface area contributed by atoms with Gasteiger partial charge in [0.15, 0.2) is 5.82 Å². The van der Waals surface area contributed by atoms with Crippen LogP contribution in [0.3, 0.4) is 0 Å². The van der Waals surface area contributed by atoms with Gasteiger partial charge in [-0.1, -0.05) is 30.7 Å². The first kappa shape index (κ1) is 15.4. The summed E-state index contributed by atoms with van der Waals surface area (Å²) in [6.07, 6.45) is 7.40. The van der Waals surface area contributed by atoms with E-state index >= 15 is 0 Å². The summed E-state index contributed by atoms with van der Waals surface area (Å²) in [4.78, 5) is 7.18. The van der Waals surface area contributed by atoms with Crippen molar-refractivity contribution >= 4 is 17.4 Å². The Kier molecular flexibility index (Phi) is 4.10. The fourth-order valence-electron chi connectivity index (χ4n) is 3.34. The molecule has 0 saturated heterocycles. The molecular formula is C18H20ClN5. The average Bonchev–Trinajstić information content (AvgIpc) is 2.92. The van der Waals surface area contributed by atoms with Crippen molar-refractivity contribution in [2.24, 2.45) is 4.99 Å². The quantitative estimate of drug-likeness (QED) is 0.786. The summed E-state index contributed by atoms with van der Waals surface area (Å²) in [5.41, 5.74) is 2.14. The van der Waals surface area contributed by atoms with Crippen molar-refractivity contribution in [3.8, 4) is 5.69 Å². The van der Waals surface area contributed by atoms with Gasteiger partial charge in [0.2, 0.25) is 0 Å². The molecule has 0 unspecified atom stereocenters. The van der Waals surface area contributed by atoms with Crippen LogP contribution in [0.25, 0.3) is 5.69 Å². The van der Waals surface area contributed by atoms with Crippen LogP contribution in [0.4, 0.5) is 0 Å². The molecule has 6 heteroatoms. The zero-order valence-corrected chi connectivity index (χ0v) is 14.5. The number of hydrogen-bond acceptors (Lipinski definition) is 4. The second-order valence-electron chi connectivity index (χ2n) is 6.13. The molecule has 0 saturated carbocycles. The van der Waals surface area contributed by atoms with Crippen molar-refractivity contribution in [1.82, 2.24) is 19.7 Å². The van der Waals surface area contributed by atoms with Crippen LogP contribution in [0.1, 0.15) is 37.0 Å². The number of hydrogen-bond donors (Lipinski definition) is 0. The highest BCUT2D eigenvalue weighted by Gasteiger charge is 2.25. The largest absolute Gasteiger partial charge is 0.352 e. The molecule has 0 atom stereocenters. The minimum absolute atomic E-state index is 0.540. The van der Waals surface area contributed by atoms with Gasteiger partial charge in [0.1, 0.15) is 18.2 Å². The van der Waals surface area contributed by atoms with Gasteiger partial charge in [-0.2, -0.15) is 0 Å². The van der Waals surface area contributed by atoms with E-state index < -0.39 is 0 Å². The van der Waals surface area contributed by atoms with Crippen LogP contribution in [0.5, 0.6) is 0 Å². The predicted octanol–water partition coefficient (Wildman–Crippen LogP) is 3.40. The molecule has 124 valence electrons. The number of amidine groups is 1. The molecule has 0 bridgehead atoms. The third-order valence-electron chi connectivity index (χ3n) is 4.44. The topological polar surface area (TPSA) is 46.3 Å². The van der Waals surface area contributed by atoms with Gasteiger partial charge in [-0.15, -0.1) is 10.2 Å². The molecule has 0 radical (unpaired) electrons. The fraction of sp³-hybridized carbons (Fsp3) is 0.389. The van der Waals surface area contributed by atoms with Gasteiger partial charge in [-0.3, -0.25) is 9.56 Å². The number of benzene rings is 1. The van der Waals surface area contributed by atoms with E-state index in [4.69, 9.17) is 16.6 Å². The first-order valence-electron chi connectivity index (χ1n) is 8.45. The van der Waals surface area contributed by atoms with Crippen molar-refractivity contribution in [2.75, 3.05) is 13.1 Å². The Bertz CT molecular complexity index is 821. The van der Waals surface area contributed by atoms with Crippen molar-refractivity contribution in [3.63, 3.8) is 0 Å². The molecule has 5 nitrogen and oxygen atoms in total. The van der Waals surface area contributed by atoms with E-state index in [0.717, 1.165) is 66.1 Å². The smallest absolute Gasteiger partial charge is 0.159 e. The third kappa shape index (κ3) is 2.63. The maximum atomic E-state index is 6.31. The monoisotopic (exact) mass is 341 g/mol. The number of halogens is 1. The molecule has 0 fully saturated rings. The highest BCUT2D eigenvalue weighted by atomic mass is 35.5. The van der Waals surface area contributed by atoms with Crippen molar-refractivity contribution < 1.29 is 0 Å². The Hall–Kier alpha value is -2.14. The molecule has 1 aromatic heterocycles. The first-order chi connectivity index (χ1) is 11.8. The van der Waals surface area contributed by atoms with E-state index in [1.165, 1.54) is 0 Å². The summed E-state index contributed by atoms with van der Waals surface area (Å²) in [6.45, 7) is 4.55. The van der Waals surface area contributed by atoms with Crippen LogP contribution < -0.4 is 0 Å². The highest BCUT2D eigenvalue weighted by Crippen LogP contribution is 2.28. The Morgan fingerprint density at radius 3 is 2.92 bits per heavy atom. The van der Waals surface area contributed by atoms with Gasteiger partial charge in [0, 0.05) is 30.1 Å². The molecule has 1 aromatic carbocycles. The number of aromatic nitrogens is 3. The molecular weight excluding hydrogens is 322 g/mol. The Balaban J connectivity index is 1.87. The van der Waals surface area contributed by atoms with Crippen LogP contribution in [0.15, 0.2) is 35.3 Å². The number of rotatable bonds is 2. The number of aryl methyl sites for hydroxylation is 1. The van der Waals surface area contributed by atoms with Gasteiger partial charge in [0.05, 0.1) is 5.69 Å². The zero-order chi connectivity index (χ0) is 16.5. The van der Waals surface area contributed by atoms with Crippen LogP contribution in [-0.2, 0) is 13.0 Å². The normalized spacial score (nSPS) is 16.4. The number of nitrogens with zero attached hydrogens (tertiary/aromatic N) is 5. The average molecular weight is 342 g/mol. The van der Waals surface area contributed by atoms with E-state index in [0.29, 0.717) is 6.54 Å². The molecule has 0 N–H and O–H groups in total.